The van der Waals surface area contributed by atoms with Crippen LogP contribution in [0.5, 0.6) is 5.75 Å². The quantitative estimate of drug-likeness (QED) is 0.570. The van der Waals surface area contributed by atoms with Crippen LogP contribution in [-0.4, -0.2) is 4.98 Å². The number of hydrogen-bond acceptors (Lipinski definition) is 3. The molecule has 0 radical (unpaired) electrons. The fraction of sp³-hybridized carbons (Fsp3) is 0.0455. The number of nitrogen functional groups attached to an aromatic ring is 1. The van der Waals surface area contributed by atoms with Crippen molar-refractivity contribution >= 4 is 16.6 Å². The van der Waals surface area contributed by atoms with Crippen LogP contribution in [0.3, 0.4) is 0 Å². The van der Waals surface area contributed by atoms with E-state index in [9.17, 15) is 0 Å². The molecular formula is C22H18N2O. The molecule has 0 unspecified atom stereocenters. The van der Waals surface area contributed by atoms with Gasteiger partial charge in [0, 0.05) is 16.6 Å². The third-order valence-electron chi connectivity index (χ3n) is 4.13. The van der Waals surface area contributed by atoms with Crippen LogP contribution < -0.4 is 10.5 Å². The predicted octanol–water partition coefficient (Wildman–Crippen LogP) is 5.06. The van der Waals surface area contributed by atoms with E-state index in [2.05, 4.69) is 12.1 Å². The highest BCUT2D eigenvalue weighted by atomic mass is 16.5. The highest BCUT2D eigenvalue weighted by Gasteiger charge is 2.06. The van der Waals surface area contributed by atoms with Gasteiger partial charge in [-0.1, -0.05) is 60.7 Å². The Morgan fingerprint density at radius 1 is 0.800 bits per heavy atom. The largest absolute Gasteiger partial charge is 0.489 e. The van der Waals surface area contributed by atoms with Crippen LogP contribution >= 0.6 is 0 Å². The maximum atomic E-state index is 6.20. The van der Waals surface area contributed by atoms with Gasteiger partial charge in [-0.05, 0) is 29.8 Å². The van der Waals surface area contributed by atoms with Crippen molar-refractivity contribution in [3.8, 4) is 17.0 Å². The van der Waals surface area contributed by atoms with Crippen molar-refractivity contribution in [2.75, 3.05) is 5.73 Å². The highest BCUT2D eigenvalue weighted by Crippen LogP contribution is 2.28. The molecule has 0 saturated carbocycles. The molecule has 2 N–H and O–H groups in total. The Morgan fingerprint density at radius 2 is 1.60 bits per heavy atom. The van der Waals surface area contributed by atoms with Crippen molar-refractivity contribution in [3.05, 3.63) is 90.5 Å². The van der Waals surface area contributed by atoms with Gasteiger partial charge in [-0.25, -0.2) is 4.98 Å². The number of benzene rings is 3. The smallest absolute Gasteiger partial charge is 0.120 e. The summed E-state index contributed by atoms with van der Waals surface area (Å²) < 4.78 is 5.91. The molecule has 0 fully saturated rings. The summed E-state index contributed by atoms with van der Waals surface area (Å²) in [7, 11) is 0. The summed E-state index contributed by atoms with van der Waals surface area (Å²) in [6.45, 7) is 0.539. The average Bonchev–Trinajstić information content (AvgIpc) is 2.67. The molecule has 0 aliphatic carbocycles. The van der Waals surface area contributed by atoms with Gasteiger partial charge >= 0.3 is 0 Å². The van der Waals surface area contributed by atoms with E-state index >= 15 is 0 Å². The van der Waals surface area contributed by atoms with Gasteiger partial charge in [-0.3, -0.25) is 0 Å². The molecule has 3 heteroatoms. The Hall–Kier alpha value is -3.33. The highest BCUT2D eigenvalue weighted by molar-refractivity contribution is 5.92. The second kappa shape index (κ2) is 6.65. The van der Waals surface area contributed by atoms with E-state index in [1.54, 1.807) is 0 Å². The predicted molar refractivity (Wildman–Crippen MR) is 102 cm³/mol. The number of fused-ring (bicyclic) bond motifs is 1. The van der Waals surface area contributed by atoms with Crippen LogP contribution in [0, 0.1) is 0 Å². The van der Waals surface area contributed by atoms with Gasteiger partial charge in [0.2, 0.25) is 0 Å². The number of nitrogens with zero attached hydrogens (tertiary/aromatic N) is 1. The minimum Gasteiger partial charge on any atom is -0.489 e. The monoisotopic (exact) mass is 326 g/mol. The molecule has 1 heterocycles. The van der Waals surface area contributed by atoms with Crippen LogP contribution in [0.4, 0.5) is 5.69 Å². The molecule has 0 aliphatic rings. The Balaban J connectivity index is 1.63. The van der Waals surface area contributed by atoms with Crippen molar-refractivity contribution < 1.29 is 4.74 Å². The minimum atomic E-state index is 0.539. The van der Waals surface area contributed by atoms with Crippen molar-refractivity contribution in [1.29, 1.82) is 0 Å². The van der Waals surface area contributed by atoms with E-state index in [1.165, 1.54) is 0 Å². The van der Waals surface area contributed by atoms with E-state index in [0.717, 1.165) is 39.2 Å². The van der Waals surface area contributed by atoms with E-state index in [4.69, 9.17) is 15.5 Å². The van der Waals surface area contributed by atoms with Crippen LogP contribution in [-0.2, 0) is 6.61 Å². The summed E-state index contributed by atoms with van der Waals surface area (Å²) in [5.74, 6) is 0.815. The van der Waals surface area contributed by atoms with Gasteiger partial charge in [-0.15, -0.1) is 0 Å². The van der Waals surface area contributed by atoms with Crippen LogP contribution in [0.25, 0.3) is 22.2 Å². The molecule has 0 aliphatic heterocycles. The molecule has 0 spiro atoms. The second-order valence-electron chi connectivity index (χ2n) is 5.92. The third-order valence-corrected chi connectivity index (χ3v) is 4.13. The second-order valence-corrected chi connectivity index (χ2v) is 5.92. The first-order valence-electron chi connectivity index (χ1n) is 8.22. The summed E-state index contributed by atoms with van der Waals surface area (Å²) >= 11 is 0. The molecular weight excluding hydrogens is 308 g/mol. The topological polar surface area (TPSA) is 48.1 Å². The van der Waals surface area contributed by atoms with Gasteiger partial charge in [-0.2, -0.15) is 0 Å². The normalized spacial score (nSPS) is 10.7. The maximum absolute atomic E-state index is 6.20. The Morgan fingerprint density at radius 3 is 2.48 bits per heavy atom. The molecule has 3 aromatic carbocycles. The van der Waals surface area contributed by atoms with Crippen molar-refractivity contribution in [3.63, 3.8) is 0 Å². The molecule has 4 aromatic rings. The summed E-state index contributed by atoms with van der Waals surface area (Å²) in [5, 5.41) is 0.975. The first-order chi connectivity index (χ1) is 12.3. The van der Waals surface area contributed by atoms with E-state index in [-0.39, 0.29) is 0 Å². The molecule has 0 saturated heterocycles. The fourth-order valence-corrected chi connectivity index (χ4v) is 2.84. The fourth-order valence-electron chi connectivity index (χ4n) is 2.84. The summed E-state index contributed by atoms with van der Waals surface area (Å²) in [6.07, 6.45) is 0. The van der Waals surface area contributed by atoms with Crippen molar-refractivity contribution in [1.82, 2.24) is 4.98 Å². The SMILES string of the molecule is Nc1cc(-c2cccc(OCc3ccccc3)c2)nc2ccccc12. The molecule has 0 amide bonds. The lowest BCUT2D eigenvalue weighted by atomic mass is 10.1. The summed E-state index contributed by atoms with van der Waals surface area (Å²) in [6, 6.07) is 27.9. The Kier molecular flexibility index (Phi) is 4.05. The van der Waals surface area contributed by atoms with E-state index < -0.39 is 0 Å². The van der Waals surface area contributed by atoms with E-state index in [1.807, 2.05) is 72.8 Å². The third kappa shape index (κ3) is 3.31. The first kappa shape index (κ1) is 15.2. The molecule has 4 rings (SSSR count). The number of nitrogens with two attached hydrogens (primary N) is 1. The number of rotatable bonds is 4. The number of hydrogen-bond donors (Lipinski definition) is 1. The standard InChI is InChI=1S/C22H18N2O/c23-20-14-22(24-21-12-5-4-11-19(20)21)17-9-6-10-18(13-17)25-15-16-7-2-1-3-8-16/h1-14H,15H2,(H2,23,24). The Labute approximate surface area is 146 Å². The number of para-hydroxylation sites is 1. The van der Waals surface area contributed by atoms with Gasteiger partial charge in [0.15, 0.2) is 0 Å². The molecule has 122 valence electrons. The molecule has 3 nitrogen and oxygen atoms in total. The number of pyridine rings is 1. The molecule has 25 heavy (non-hydrogen) atoms. The summed E-state index contributed by atoms with van der Waals surface area (Å²) in [4.78, 5) is 4.73. The molecule has 0 atom stereocenters. The maximum Gasteiger partial charge on any atom is 0.120 e. The number of ether oxygens (including phenoxy) is 1. The lowest BCUT2D eigenvalue weighted by Crippen LogP contribution is -1.96. The molecule has 0 bridgehead atoms. The lowest BCUT2D eigenvalue weighted by Gasteiger charge is -2.10. The van der Waals surface area contributed by atoms with E-state index in [0.29, 0.717) is 6.61 Å². The van der Waals surface area contributed by atoms with Crippen molar-refractivity contribution in [2.45, 2.75) is 6.61 Å². The number of aromatic nitrogens is 1. The zero-order valence-electron chi connectivity index (χ0n) is 13.7. The zero-order valence-corrected chi connectivity index (χ0v) is 13.7. The summed E-state index contributed by atoms with van der Waals surface area (Å²) in [5.41, 5.74) is 10.8. The zero-order chi connectivity index (χ0) is 17.1. The average molecular weight is 326 g/mol. The Bertz CT molecular complexity index is 1010. The number of anilines is 1. The van der Waals surface area contributed by atoms with Crippen LogP contribution in [0.1, 0.15) is 5.56 Å². The minimum absolute atomic E-state index is 0.539. The molecule has 1 aromatic heterocycles. The van der Waals surface area contributed by atoms with Gasteiger partial charge < -0.3 is 10.5 Å². The van der Waals surface area contributed by atoms with Gasteiger partial charge in [0.05, 0.1) is 11.2 Å². The van der Waals surface area contributed by atoms with Crippen LogP contribution in [0.2, 0.25) is 0 Å². The van der Waals surface area contributed by atoms with Gasteiger partial charge in [0.1, 0.15) is 12.4 Å². The van der Waals surface area contributed by atoms with Crippen LogP contribution in [0.15, 0.2) is 84.9 Å². The lowest BCUT2D eigenvalue weighted by molar-refractivity contribution is 0.306. The van der Waals surface area contributed by atoms with Crippen molar-refractivity contribution in [2.24, 2.45) is 0 Å². The first-order valence-corrected chi connectivity index (χ1v) is 8.22. The van der Waals surface area contributed by atoms with Gasteiger partial charge in [0.25, 0.3) is 0 Å².